The van der Waals surface area contributed by atoms with Crippen LogP contribution in [-0.2, 0) is 25.6 Å². The zero-order chi connectivity index (χ0) is 22.4. The Bertz CT molecular complexity index is 794. The Morgan fingerprint density at radius 3 is 2.07 bits per heavy atom. The van der Waals surface area contributed by atoms with Gasteiger partial charge in [0.05, 0.1) is 6.61 Å². The summed E-state index contributed by atoms with van der Waals surface area (Å²) in [6, 6.07) is 3.09. The normalized spacial score (nSPS) is 12.0. The van der Waals surface area contributed by atoms with Crippen molar-refractivity contribution in [3.8, 4) is 5.75 Å². The number of carbonyl (C=O) groups is 3. The average Bonchev–Trinajstić information content (AvgIpc) is 2.50. The third-order valence-corrected chi connectivity index (χ3v) is 3.16. The molecule has 1 aromatic rings. The second-order valence-electron chi connectivity index (χ2n) is 8.19. The molecule has 0 fully saturated rings. The molecule has 0 unspecified atom stereocenters. The van der Waals surface area contributed by atoms with Crippen molar-refractivity contribution in [3.05, 3.63) is 34.9 Å². The first-order valence-corrected chi connectivity index (χ1v) is 8.93. The van der Waals surface area contributed by atoms with Crippen molar-refractivity contribution in [2.45, 2.75) is 59.4 Å². The Morgan fingerprint density at radius 2 is 1.59 bits per heavy atom. The lowest BCUT2D eigenvalue weighted by molar-refractivity contribution is -0.131. The molecule has 0 aliphatic rings. The Balaban J connectivity index is 3.59. The quantitative estimate of drug-likeness (QED) is 0.424. The largest absolute Gasteiger partial charge is 0.514 e. The SMILES string of the molecule is COCc1ccc(/C=C/C(=O)O)c(OC(=O)OC(C)(C)C)c1C(=O)OC(C)(C)C. The van der Waals surface area contributed by atoms with E-state index in [1.807, 2.05) is 0 Å². The van der Waals surface area contributed by atoms with Gasteiger partial charge in [-0.3, -0.25) is 0 Å². The van der Waals surface area contributed by atoms with E-state index in [9.17, 15) is 14.4 Å². The third-order valence-electron chi connectivity index (χ3n) is 3.16. The van der Waals surface area contributed by atoms with Gasteiger partial charge in [0.15, 0.2) is 5.75 Å². The van der Waals surface area contributed by atoms with Crippen LogP contribution < -0.4 is 4.74 Å². The van der Waals surface area contributed by atoms with Crippen molar-refractivity contribution in [1.82, 2.24) is 0 Å². The summed E-state index contributed by atoms with van der Waals surface area (Å²) in [7, 11) is 1.45. The first-order valence-electron chi connectivity index (χ1n) is 8.93. The molecule has 0 saturated heterocycles. The standard InChI is InChI=1S/C21H28O8/c1-20(2,3)28-18(24)16-14(12-26-7)9-8-13(10-11-15(22)23)17(16)27-19(25)29-21(4,5)6/h8-11H,12H2,1-7H3,(H,22,23)/b11-10+. The first-order chi connectivity index (χ1) is 13.2. The van der Waals surface area contributed by atoms with Gasteiger partial charge in [-0.25, -0.2) is 14.4 Å². The zero-order valence-electron chi connectivity index (χ0n) is 17.8. The van der Waals surface area contributed by atoms with E-state index < -0.39 is 29.3 Å². The molecule has 29 heavy (non-hydrogen) atoms. The lowest BCUT2D eigenvalue weighted by atomic mass is 10.0. The zero-order valence-corrected chi connectivity index (χ0v) is 17.8. The van der Waals surface area contributed by atoms with E-state index in [1.54, 1.807) is 47.6 Å². The molecule has 0 amide bonds. The molecule has 1 rings (SSSR count). The fraction of sp³-hybridized carbons (Fsp3) is 0.476. The molecule has 1 N–H and O–H groups in total. The highest BCUT2D eigenvalue weighted by atomic mass is 16.7. The summed E-state index contributed by atoms with van der Waals surface area (Å²) < 4.78 is 21.1. The molecule has 0 atom stereocenters. The number of rotatable bonds is 6. The molecule has 0 saturated carbocycles. The predicted molar refractivity (Wildman–Crippen MR) is 106 cm³/mol. The Kier molecular flexibility index (Phi) is 7.96. The van der Waals surface area contributed by atoms with E-state index in [0.29, 0.717) is 5.56 Å². The number of hydrogen-bond acceptors (Lipinski definition) is 7. The molecule has 160 valence electrons. The number of carboxylic acids is 1. The summed E-state index contributed by atoms with van der Waals surface area (Å²) in [5.74, 6) is -2.11. The van der Waals surface area contributed by atoms with Crippen molar-refractivity contribution < 1.29 is 38.4 Å². The lowest BCUT2D eigenvalue weighted by Gasteiger charge is -2.23. The highest BCUT2D eigenvalue weighted by Crippen LogP contribution is 2.32. The predicted octanol–water partition coefficient (Wildman–Crippen LogP) is 4.20. The molecule has 0 aliphatic heterocycles. The van der Waals surface area contributed by atoms with E-state index in [1.165, 1.54) is 19.3 Å². The Labute approximate surface area is 170 Å². The second kappa shape index (κ2) is 9.56. The number of aliphatic carboxylic acids is 1. The highest BCUT2D eigenvalue weighted by molar-refractivity contribution is 5.97. The Hall–Kier alpha value is -2.87. The van der Waals surface area contributed by atoms with E-state index >= 15 is 0 Å². The lowest BCUT2D eigenvalue weighted by Crippen LogP contribution is -2.28. The Morgan fingerprint density at radius 1 is 1.00 bits per heavy atom. The molecular weight excluding hydrogens is 380 g/mol. The van der Waals surface area contributed by atoms with E-state index in [2.05, 4.69) is 0 Å². The maximum absolute atomic E-state index is 12.9. The topological polar surface area (TPSA) is 108 Å². The van der Waals surface area contributed by atoms with Crippen LogP contribution in [-0.4, -0.2) is 41.5 Å². The van der Waals surface area contributed by atoms with Crippen LogP contribution in [0.1, 0.15) is 63.0 Å². The maximum atomic E-state index is 12.9. The highest BCUT2D eigenvalue weighted by Gasteiger charge is 2.28. The van der Waals surface area contributed by atoms with Crippen LogP contribution in [0, 0.1) is 0 Å². The van der Waals surface area contributed by atoms with Crippen molar-refractivity contribution in [1.29, 1.82) is 0 Å². The van der Waals surface area contributed by atoms with Crippen LogP contribution in [0.25, 0.3) is 6.08 Å². The van der Waals surface area contributed by atoms with Crippen LogP contribution in [0.4, 0.5) is 4.79 Å². The second-order valence-corrected chi connectivity index (χ2v) is 8.19. The fourth-order valence-corrected chi connectivity index (χ4v) is 2.22. The number of benzene rings is 1. The molecular formula is C21H28O8. The molecule has 0 heterocycles. The van der Waals surface area contributed by atoms with Gasteiger partial charge in [-0.05, 0) is 53.2 Å². The van der Waals surface area contributed by atoms with Gasteiger partial charge in [0.2, 0.25) is 0 Å². The number of ether oxygens (including phenoxy) is 4. The van der Waals surface area contributed by atoms with Gasteiger partial charge < -0.3 is 24.1 Å². The van der Waals surface area contributed by atoms with Gasteiger partial charge in [0.1, 0.15) is 16.8 Å². The van der Waals surface area contributed by atoms with Crippen LogP contribution in [0.5, 0.6) is 5.75 Å². The molecule has 0 bridgehead atoms. The van der Waals surface area contributed by atoms with E-state index in [4.69, 9.17) is 24.1 Å². The summed E-state index contributed by atoms with van der Waals surface area (Å²) in [5.41, 5.74) is -1.08. The maximum Gasteiger partial charge on any atom is 0.514 e. The van der Waals surface area contributed by atoms with Crippen molar-refractivity contribution in [2.75, 3.05) is 7.11 Å². The smallest absolute Gasteiger partial charge is 0.478 e. The minimum Gasteiger partial charge on any atom is -0.478 e. The summed E-state index contributed by atoms with van der Waals surface area (Å²) in [6.07, 6.45) is 1.04. The van der Waals surface area contributed by atoms with Gasteiger partial charge in [-0.1, -0.05) is 12.1 Å². The first kappa shape index (κ1) is 24.2. The van der Waals surface area contributed by atoms with E-state index in [0.717, 1.165) is 6.08 Å². The van der Waals surface area contributed by atoms with Gasteiger partial charge in [0.25, 0.3) is 0 Å². The van der Waals surface area contributed by atoms with Crippen LogP contribution >= 0.6 is 0 Å². The molecule has 0 aromatic heterocycles. The van der Waals surface area contributed by atoms with Gasteiger partial charge in [-0.15, -0.1) is 0 Å². The summed E-state index contributed by atoms with van der Waals surface area (Å²) >= 11 is 0. The van der Waals surface area contributed by atoms with Crippen molar-refractivity contribution in [2.24, 2.45) is 0 Å². The van der Waals surface area contributed by atoms with Crippen molar-refractivity contribution >= 4 is 24.2 Å². The molecule has 0 spiro atoms. The van der Waals surface area contributed by atoms with Gasteiger partial charge >= 0.3 is 18.1 Å². The molecule has 8 nitrogen and oxygen atoms in total. The van der Waals surface area contributed by atoms with Crippen molar-refractivity contribution in [3.63, 3.8) is 0 Å². The third kappa shape index (κ3) is 8.35. The van der Waals surface area contributed by atoms with Gasteiger partial charge in [0, 0.05) is 18.7 Å². The van der Waals surface area contributed by atoms with E-state index in [-0.39, 0.29) is 23.5 Å². The molecule has 1 aromatic carbocycles. The summed E-state index contributed by atoms with van der Waals surface area (Å²) in [5, 5.41) is 8.94. The fourth-order valence-electron chi connectivity index (χ4n) is 2.22. The minimum absolute atomic E-state index is 0.0415. The van der Waals surface area contributed by atoms with Crippen LogP contribution in [0.2, 0.25) is 0 Å². The molecule has 0 aliphatic carbocycles. The number of carboxylic acid groups (broad SMARTS) is 1. The summed E-state index contributed by atoms with van der Waals surface area (Å²) in [6.45, 7) is 10.1. The monoisotopic (exact) mass is 408 g/mol. The molecule has 8 heteroatoms. The number of carbonyl (C=O) groups excluding carboxylic acids is 2. The number of methoxy groups -OCH3 is 1. The van der Waals surface area contributed by atoms with Crippen LogP contribution in [0.15, 0.2) is 18.2 Å². The van der Waals surface area contributed by atoms with Crippen LogP contribution in [0.3, 0.4) is 0 Å². The number of esters is 1. The van der Waals surface area contributed by atoms with Gasteiger partial charge in [-0.2, -0.15) is 0 Å². The number of hydrogen-bond donors (Lipinski definition) is 1. The minimum atomic E-state index is -1.20. The average molecular weight is 408 g/mol. The summed E-state index contributed by atoms with van der Waals surface area (Å²) in [4.78, 5) is 36.1. The molecule has 0 radical (unpaired) electrons.